The Bertz CT molecular complexity index is 641. The molecule has 0 amide bonds. The fourth-order valence-electron chi connectivity index (χ4n) is 2.12. The van der Waals surface area contributed by atoms with Gasteiger partial charge >= 0.3 is 0 Å². The van der Waals surface area contributed by atoms with Crippen LogP contribution in [0, 0.1) is 0 Å². The number of aliphatic hydroxyl groups is 1. The summed E-state index contributed by atoms with van der Waals surface area (Å²) >= 11 is 0. The van der Waals surface area contributed by atoms with Crippen molar-refractivity contribution in [1.29, 1.82) is 0 Å². The highest BCUT2D eigenvalue weighted by Crippen LogP contribution is 2.25. The van der Waals surface area contributed by atoms with Crippen molar-refractivity contribution in [2.24, 2.45) is 0 Å². The number of imidazole rings is 1. The second-order valence-electron chi connectivity index (χ2n) is 4.13. The Morgan fingerprint density at radius 2 is 2.06 bits per heavy atom. The predicted molar refractivity (Wildman–Crippen MR) is 69.1 cm³/mol. The monoisotopic (exact) mass is 242 g/mol. The third-order valence-corrected chi connectivity index (χ3v) is 2.94. The maximum Gasteiger partial charge on any atom is 0.177 e. The second-order valence-corrected chi connectivity index (χ2v) is 4.13. The molecule has 0 saturated heterocycles. The van der Waals surface area contributed by atoms with Crippen molar-refractivity contribution in [3.05, 3.63) is 42.7 Å². The third kappa shape index (κ3) is 1.80. The van der Waals surface area contributed by atoms with Gasteiger partial charge in [-0.1, -0.05) is 12.1 Å². The van der Waals surface area contributed by atoms with Gasteiger partial charge < -0.3 is 14.1 Å². The second kappa shape index (κ2) is 4.66. The van der Waals surface area contributed by atoms with Gasteiger partial charge in [-0.2, -0.15) is 0 Å². The highest BCUT2D eigenvalue weighted by molar-refractivity contribution is 5.79. The summed E-state index contributed by atoms with van der Waals surface area (Å²) in [5.41, 5.74) is 2.01. The maximum absolute atomic E-state index is 9.00. The molecule has 2 heterocycles. The fourth-order valence-corrected chi connectivity index (χ4v) is 2.12. The lowest BCUT2D eigenvalue weighted by molar-refractivity contribution is 0.280. The van der Waals surface area contributed by atoms with Gasteiger partial charge in [-0.25, -0.2) is 4.98 Å². The summed E-state index contributed by atoms with van der Waals surface area (Å²) in [5.74, 6) is 1.57. The third-order valence-electron chi connectivity index (χ3n) is 2.94. The van der Waals surface area contributed by atoms with E-state index in [0.29, 0.717) is 6.42 Å². The van der Waals surface area contributed by atoms with E-state index in [4.69, 9.17) is 9.52 Å². The molecule has 2 aromatic heterocycles. The molecule has 3 rings (SSSR count). The molecule has 0 fully saturated rings. The lowest BCUT2D eigenvalue weighted by Crippen LogP contribution is -2.02. The Morgan fingerprint density at radius 3 is 2.83 bits per heavy atom. The van der Waals surface area contributed by atoms with Gasteiger partial charge in [0.15, 0.2) is 11.6 Å². The van der Waals surface area contributed by atoms with Gasteiger partial charge in [-0.15, -0.1) is 0 Å². The molecule has 4 heteroatoms. The van der Waals surface area contributed by atoms with Crippen LogP contribution >= 0.6 is 0 Å². The molecule has 4 nitrogen and oxygen atoms in total. The molecule has 1 aromatic carbocycles. The van der Waals surface area contributed by atoms with E-state index in [1.165, 1.54) is 0 Å². The van der Waals surface area contributed by atoms with E-state index in [0.717, 1.165) is 29.2 Å². The molecule has 0 spiro atoms. The van der Waals surface area contributed by atoms with Crippen LogP contribution < -0.4 is 0 Å². The van der Waals surface area contributed by atoms with Crippen LogP contribution in [0.3, 0.4) is 0 Å². The largest absolute Gasteiger partial charge is 0.461 e. The van der Waals surface area contributed by atoms with Crippen molar-refractivity contribution < 1.29 is 9.52 Å². The Kier molecular flexibility index (Phi) is 2.86. The van der Waals surface area contributed by atoms with Crippen molar-refractivity contribution in [3.8, 4) is 11.6 Å². The molecule has 0 bridgehead atoms. The number of hydrogen-bond acceptors (Lipinski definition) is 3. The Hall–Kier alpha value is -2.07. The molecule has 0 aliphatic heterocycles. The van der Waals surface area contributed by atoms with Crippen molar-refractivity contribution >= 4 is 11.0 Å². The van der Waals surface area contributed by atoms with Crippen molar-refractivity contribution in [3.63, 3.8) is 0 Å². The molecule has 3 aromatic rings. The Labute approximate surface area is 104 Å². The zero-order valence-electron chi connectivity index (χ0n) is 9.91. The average Bonchev–Trinajstić information content (AvgIpc) is 3.03. The molecule has 0 atom stereocenters. The molecule has 1 N–H and O–H groups in total. The van der Waals surface area contributed by atoms with E-state index < -0.39 is 0 Å². The highest BCUT2D eigenvalue weighted by atomic mass is 16.3. The topological polar surface area (TPSA) is 51.2 Å². The van der Waals surface area contributed by atoms with Crippen LogP contribution in [0.25, 0.3) is 22.6 Å². The number of furan rings is 1. The molecule has 0 saturated carbocycles. The molecule has 92 valence electrons. The number of aryl methyl sites for hydroxylation is 1. The molecule has 0 unspecified atom stereocenters. The first-order valence-corrected chi connectivity index (χ1v) is 6.00. The predicted octanol–water partition coefficient (Wildman–Crippen LogP) is 2.68. The quantitative estimate of drug-likeness (QED) is 0.765. The van der Waals surface area contributed by atoms with Gasteiger partial charge in [-0.05, 0) is 30.7 Å². The van der Waals surface area contributed by atoms with Gasteiger partial charge in [0, 0.05) is 13.2 Å². The summed E-state index contributed by atoms with van der Waals surface area (Å²) in [4.78, 5) is 4.60. The van der Waals surface area contributed by atoms with Crippen LogP contribution in [-0.4, -0.2) is 21.3 Å². The lowest BCUT2D eigenvalue weighted by Gasteiger charge is -2.06. The van der Waals surface area contributed by atoms with Gasteiger partial charge in [0.1, 0.15) is 0 Å². The SMILES string of the molecule is OCCCn1c(-c2ccco2)nc2ccccc21. The van der Waals surface area contributed by atoms with Crippen LogP contribution in [0.1, 0.15) is 6.42 Å². The first kappa shape index (κ1) is 11.0. The van der Waals surface area contributed by atoms with E-state index in [1.807, 2.05) is 36.4 Å². The van der Waals surface area contributed by atoms with E-state index in [1.54, 1.807) is 6.26 Å². The molecular weight excluding hydrogens is 228 g/mol. The van der Waals surface area contributed by atoms with E-state index >= 15 is 0 Å². The number of hydrogen-bond donors (Lipinski definition) is 1. The minimum Gasteiger partial charge on any atom is -0.461 e. The Morgan fingerprint density at radius 1 is 1.17 bits per heavy atom. The Balaban J connectivity index is 2.17. The van der Waals surface area contributed by atoms with Gasteiger partial charge in [0.2, 0.25) is 0 Å². The summed E-state index contributed by atoms with van der Waals surface area (Å²) < 4.78 is 7.51. The molecule has 0 radical (unpaired) electrons. The standard InChI is InChI=1S/C14H14N2O2/c17-9-4-8-16-12-6-2-1-5-11(12)15-14(16)13-7-3-10-18-13/h1-3,5-7,10,17H,4,8-9H2. The number of aromatic nitrogens is 2. The van der Waals surface area contributed by atoms with Gasteiger partial charge in [-0.3, -0.25) is 0 Å². The summed E-state index contributed by atoms with van der Waals surface area (Å²) in [6.07, 6.45) is 2.35. The van der Waals surface area contributed by atoms with Gasteiger partial charge in [0.25, 0.3) is 0 Å². The highest BCUT2D eigenvalue weighted by Gasteiger charge is 2.13. The van der Waals surface area contributed by atoms with Crippen molar-refractivity contribution in [2.75, 3.05) is 6.61 Å². The van der Waals surface area contributed by atoms with E-state index in [-0.39, 0.29) is 6.61 Å². The summed E-state index contributed by atoms with van der Waals surface area (Å²) in [6, 6.07) is 11.7. The average molecular weight is 242 g/mol. The number of aliphatic hydroxyl groups excluding tert-OH is 1. The van der Waals surface area contributed by atoms with Crippen LogP contribution in [-0.2, 0) is 6.54 Å². The summed E-state index contributed by atoms with van der Waals surface area (Å²) in [6.45, 7) is 0.900. The van der Waals surface area contributed by atoms with E-state index in [2.05, 4.69) is 9.55 Å². The van der Waals surface area contributed by atoms with Crippen molar-refractivity contribution in [1.82, 2.24) is 9.55 Å². The number of rotatable bonds is 4. The molecular formula is C14H14N2O2. The first-order chi connectivity index (χ1) is 8.90. The summed E-state index contributed by atoms with van der Waals surface area (Å²) in [5, 5.41) is 9.00. The van der Waals surface area contributed by atoms with Crippen LogP contribution in [0.5, 0.6) is 0 Å². The van der Waals surface area contributed by atoms with Crippen LogP contribution in [0.15, 0.2) is 47.1 Å². The lowest BCUT2D eigenvalue weighted by atomic mass is 10.3. The minimum absolute atomic E-state index is 0.171. The number of nitrogens with zero attached hydrogens (tertiary/aromatic N) is 2. The van der Waals surface area contributed by atoms with E-state index in [9.17, 15) is 0 Å². The maximum atomic E-state index is 9.00. The normalized spacial score (nSPS) is 11.2. The fraction of sp³-hybridized carbons (Fsp3) is 0.214. The summed E-state index contributed by atoms with van der Waals surface area (Å²) in [7, 11) is 0. The van der Waals surface area contributed by atoms with Crippen LogP contribution in [0.4, 0.5) is 0 Å². The minimum atomic E-state index is 0.171. The molecule has 0 aliphatic rings. The van der Waals surface area contributed by atoms with Gasteiger partial charge in [0.05, 0.1) is 17.3 Å². The number of para-hydroxylation sites is 2. The van der Waals surface area contributed by atoms with Crippen molar-refractivity contribution in [2.45, 2.75) is 13.0 Å². The number of benzene rings is 1. The molecule has 18 heavy (non-hydrogen) atoms. The van der Waals surface area contributed by atoms with Crippen LogP contribution in [0.2, 0.25) is 0 Å². The zero-order valence-corrected chi connectivity index (χ0v) is 9.91. The smallest absolute Gasteiger partial charge is 0.177 e. The number of fused-ring (bicyclic) bond motifs is 1. The first-order valence-electron chi connectivity index (χ1n) is 6.00. The zero-order chi connectivity index (χ0) is 12.4. The molecule has 0 aliphatic carbocycles.